The molecule has 2 saturated heterocycles. The number of allylic oxidation sites excluding steroid dienone is 2. The summed E-state index contributed by atoms with van der Waals surface area (Å²) in [4.78, 5) is 62.1. The number of phenolic OH excluding ortho intramolecular Hbond substituents is 1. The highest BCUT2D eigenvalue weighted by molar-refractivity contribution is 7.22. The fourth-order valence-electron chi connectivity index (χ4n) is 10.4. The number of nitrogens with zero attached hydrogens (tertiary/aromatic N) is 4. The number of aromatic nitrogens is 2. The van der Waals surface area contributed by atoms with Crippen LogP contribution >= 0.6 is 22.9 Å². The number of aryl methyl sites for hydroxylation is 2. The Bertz CT molecular complexity index is 2290. The molecular weight excluding hydrogens is 712 g/mol. The van der Waals surface area contributed by atoms with E-state index in [0.717, 1.165) is 58.2 Å². The van der Waals surface area contributed by atoms with Gasteiger partial charge < -0.3 is 9.84 Å². The van der Waals surface area contributed by atoms with Crippen LogP contribution in [0.3, 0.4) is 0 Å². The second kappa shape index (κ2) is 12.3. The van der Waals surface area contributed by atoms with Crippen LogP contribution in [0.1, 0.15) is 68.9 Å². The molecule has 2 saturated carbocycles. The van der Waals surface area contributed by atoms with Gasteiger partial charge in [-0.2, -0.15) is 5.10 Å². The summed E-state index contributed by atoms with van der Waals surface area (Å²) in [5, 5.41) is 17.5. The van der Waals surface area contributed by atoms with Gasteiger partial charge in [0.05, 0.1) is 35.2 Å². The van der Waals surface area contributed by atoms with Crippen molar-refractivity contribution in [1.29, 1.82) is 0 Å². The van der Waals surface area contributed by atoms with E-state index in [0.29, 0.717) is 28.5 Å². The molecule has 6 unspecified atom stereocenters. The average Bonchev–Trinajstić information content (AvgIpc) is 3.82. The zero-order chi connectivity index (χ0) is 37.1. The van der Waals surface area contributed by atoms with Crippen LogP contribution in [0.25, 0.3) is 20.7 Å². The van der Waals surface area contributed by atoms with Crippen LogP contribution in [0, 0.1) is 36.0 Å². The third kappa shape index (κ3) is 4.85. The predicted octanol–water partition coefficient (Wildman–Crippen LogP) is 7.54. The van der Waals surface area contributed by atoms with E-state index < -0.39 is 35.0 Å². The van der Waals surface area contributed by atoms with Crippen molar-refractivity contribution in [3.63, 3.8) is 0 Å². The van der Waals surface area contributed by atoms with Gasteiger partial charge in [0.2, 0.25) is 23.6 Å². The minimum absolute atomic E-state index is 0.0814. The lowest BCUT2D eigenvalue weighted by Crippen LogP contribution is -2.49. The number of hydrogen-bond donors (Lipinski definition) is 1. The number of hydrogen-bond acceptors (Lipinski definition) is 8. The summed E-state index contributed by atoms with van der Waals surface area (Å²) in [6, 6.07) is 12.6. The first-order chi connectivity index (χ1) is 25.4. The molecule has 10 nitrogen and oxygen atoms in total. The largest absolute Gasteiger partial charge is 0.504 e. The molecule has 1 N–H and O–H groups in total. The summed E-state index contributed by atoms with van der Waals surface area (Å²) < 4.78 is 8.00. The van der Waals surface area contributed by atoms with Crippen molar-refractivity contribution in [2.24, 2.45) is 36.1 Å². The quantitative estimate of drug-likeness (QED) is 0.165. The van der Waals surface area contributed by atoms with Crippen LogP contribution in [0.4, 0.5) is 5.82 Å². The molecule has 53 heavy (non-hydrogen) atoms. The normalized spacial score (nSPS) is 28.8. The topological polar surface area (TPSA) is 122 Å². The summed E-state index contributed by atoms with van der Waals surface area (Å²) in [6.45, 7) is 3.86. The fourth-order valence-corrected chi connectivity index (χ4v) is 11.8. The van der Waals surface area contributed by atoms with Gasteiger partial charge in [-0.15, -0.1) is 11.3 Å². The van der Waals surface area contributed by atoms with Gasteiger partial charge >= 0.3 is 0 Å². The van der Waals surface area contributed by atoms with Gasteiger partial charge in [0.25, 0.3) is 0 Å². The Balaban J connectivity index is 1.15. The van der Waals surface area contributed by atoms with Crippen molar-refractivity contribution in [3.05, 3.63) is 70.3 Å². The zero-order valence-electron chi connectivity index (χ0n) is 30.1. The van der Waals surface area contributed by atoms with Crippen molar-refractivity contribution in [2.75, 3.05) is 12.0 Å². The van der Waals surface area contributed by atoms with Crippen LogP contribution in [0.2, 0.25) is 5.02 Å². The average molecular weight is 753 g/mol. The Morgan fingerprint density at radius 2 is 1.75 bits per heavy atom. The van der Waals surface area contributed by atoms with Crippen molar-refractivity contribution in [1.82, 2.24) is 14.7 Å². The standard InChI is InChI=1S/C41H41ClN4O6S/c1-20-26-17-22(42)11-15-32(26)53-36(20)29-19-33(44(3)43-29)46-38(49)28-18-27-24(35(41(28,2)40(46)51)21-10-14-31(52-4)30(47)16-21)12-13-25-34(27)39(50)45(37(25)48)23-8-6-5-7-9-23/h10-12,14-17,19,23,25,27-28,34-35,47H,5-9,13,18H2,1-4H3. The molecule has 4 amide bonds. The molecule has 9 rings (SSSR count). The number of amides is 4. The number of aromatic hydroxyl groups is 1. The molecule has 0 spiro atoms. The molecule has 6 atom stereocenters. The van der Waals surface area contributed by atoms with Crippen molar-refractivity contribution in [2.45, 2.75) is 70.8 Å². The third-order valence-electron chi connectivity index (χ3n) is 13.0. The van der Waals surface area contributed by atoms with Crippen LogP contribution < -0.4 is 9.64 Å². The number of thiophene rings is 1. The zero-order valence-corrected chi connectivity index (χ0v) is 31.7. The van der Waals surface area contributed by atoms with Gasteiger partial charge in [-0.1, -0.05) is 48.6 Å². The molecule has 4 aromatic rings. The first kappa shape index (κ1) is 34.3. The lowest BCUT2D eigenvalue weighted by Gasteiger charge is -2.49. The number of anilines is 1. The molecule has 274 valence electrons. The monoisotopic (exact) mass is 752 g/mol. The van der Waals surface area contributed by atoms with E-state index in [4.69, 9.17) is 21.4 Å². The van der Waals surface area contributed by atoms with Crippen LogP contribution in [0.5, 0.6) is 11.5 Å². The number of halogens is 1. The Morgan fingerprint density at radius 1 is 0.981 bits per heavy atom. The number of ether oxygens (including phenoxy) is 1. The highest BCUT2D eigenvalue weighted by Gasteiger charge is 2.68. The Kier molecular flexibility index (Phi) is 7.95. The molecule has 2 aromatic heterocycles. The highest BCUT2D eigenvalue weighted by Crippen LogP contribution is 2.64. The second-order valence-corrected chi connectivity index (χ2v) is 17.1. The van der Waals surface area contributed by atoms with Crippen LogP contribution in [-0.4, -0.2) is 56.6 Å². The van der Waals surface area contributed by atoms with Gasteiger partial charge in [-0.25, -0.2) is 4.90 Å². The maximum absolute atomic E-state index is 15.1. The predicted molar refractivity (Wildman–Crippen MR) is 202 cm³/mol. The SMILES string of the molecule is COc1ccc(C2C3=CCC4C(=O)N(C5CCCCC5)C(=O)C4C3CC3C(=O)N(c4cc(-c5sc6ccc(Cl)cc6c5C)nn4C)C(=O)C32C)cc1O. The van der Waals surface area contributed by atoms with Gasteiger partial charge in [-0.05, 0) is 92.3 Å². The summed E-state index contributed by atoms with van der Waals surface area (Å²) in [5.74, 6) is -3.33. The maximum atomic E-state index is 15.1. The maximum Gasteiger partial charge on any atom is 0.242 e. The van der Waals surface area contributed by atoms with Gasteiger partial charge in [-0.3, -0.25) is 28.8 Å². The molecular formula is C41H41ClN4O6S. The van der Waals surface area contributed by atoms with Gasteiger partial charge in [0.1, 0.15) is 11.5 Å². The Morgan fingerprint density at radius 3 is 2.49 bits per heavy atom. The van der Waals surface area contributed by atoms with E-state index in [1.54, 1.807) is 46.2 Å². The summed E-state index contributed by atoms with van der Waals surface area (Å²) in [7, 11) is 3.21. The van der Waals surface area contributed by atoms with E-state index in [1.807, 2.05) is 44.2 Å². The number of methoxy groups -OCH3 is 1. The minimum Gasteiger partial charge on any atom is -0.504 e. The Labute approximate surface area is 316 Å². The van der Waals surface area contributed by atoms with E-state index in [9.17, 15) is 19.5 Å². The summed E-state index contributed by atoms with van der Waals surface area (Å²) in [5.41, 5.74) is 1.94. The van der Waals surface area contributed by atoms with Crippen molar-refractivity contribution >= 4 is 62.5 Å². The summed E-state index contributed by atoms with van der Waals surface area (Å²) >= 11 is 7.90. The Hall–Kier alpha value is -4.48. The number of likely N-dealkylation sites (tertiary alicyclic amines) is 1. The number of imide groups is 2. The lowest BCUT2D eigenvalue weighted by atomic mass is 9.51. The lowest BCUT2D eigenvalue weighted by molar-refractivity contribution is -0.144. The molecule has 4 heterocycles. The van der Waals surface area contributed by atoms with E-state index >= 15 is 4.79 Å². The minimum atomic E-state index is -1.25. The molecule has 5 aliphatic rings. The van der Waals surface area contributed by atoms with E-state index in [2.05, 4.69) is 0 Å². The van der Waals surface area contributed by atoms with Gasteiger partial charge in [0.15, 0.2) is 11.5 Å². The van der Waals surface area contributed by atoms with Crippen molar-refractivity contribution in [3.8, 4) is 22.1 Å². The molecule has 0 radical (unpaired) electrons. The second-order valence-electron chi connectivity index (χ2n) is 15.6. The summed E-state index contributed by atoms with van der Waals surface area (Å²) in [6.07, 6.45) is 7.43. The molecule has 2 aliphatic heterocycles. The fraction of sp³-hybridized carbons (Fsp3) is 0.439. The molecule has 12 heteroatoms. The number of fused-ring (bicyclic) bond motifs is 5. The first-order valence-electron chi connectivity index (χ1n) is 18.5. The first-order valence-corrected chi connectivity index (χ1v) is 19.7. The number of rotatable bonds is 5. The molecule has 2 aromatic carbocycles. The van der Waals surface area contributed by atoms with Crippen molar-refractivity contribution < 1.29 is 29.0 Å². The van der Waals surface area contributed by atoms with Gasteiger partial charge in [0, 0.05) is 34.8 Å². The highest BCUT2D eigenvalue weighted by atomic mass is 35.5. The van der Waals surface area contributed by atoms with Crippen LogP contribution in [-0.2, 0) is 26.2 Å². The number of carbonyl (C=O) groups excluding carboxylic acids is 4. The number of benzene rings is 2. The smallest absolute Gasteiger partial charge is 0.242 e. The van der Waals surface area contributed by atoms with Crippen LogP contribution in [0.15, 0.2) is 54.1 Å². The van der Waals surface area contributed by atoms with E-state index in [-0.39, 0.29) is 47.6 Å². The molecule has 3 aliphatic carbocycles. The molecule has 0 bridgehead atoms. The molecule has 4 fully saturated rings. The third-order valence-corrected chi connectivity index (χ3v) is 14.5. The number of carbonyl (C=O) groups is 4. The number of phenols is 1. The van der Waals surface area contributed by atoms with E-state index in [1.165, 1.54) is 12.0 Å².